The normalized spacial score (nSPS) is 13.2. The summed E-state index contributed by atoms with van der Waals surface area (Å²) < 4.78 is 32.6. The minimum absolute atomic E-state index is 0.0144. The monoisotopic (exact) mass is 423 g/mol. The van der Waals surface area contributed by atoms with Gasteiger partial charge in [0.25, 0.3) is 0 Å². The Morgan fingerprint density at radius 2 is 1.58 bits per heavy atom. The maximum absolute atomic E-state index is 13.9. The fourth-order valence-corrected chi connectivity index (χ4v) is 3.90. The summed E-state index contributed by atoms with van der Waals surface area (Å²) in [5.41, 5.74) is 4.03. The lowest BCUT2D eigenvalue weighted by molar-refractivity contribution is -0.139. The molecule has 3 aromatic rings. The van der Waals surface area contributed by atoms with E-state index in [0.29, 0.717) is 0 Å². The molecule has 0 spiro atoms. The maximum atomic E-state index is 13.9. The number of hydrogen-bond acceptors (Lipinski definition) is 3. The number of benzene rings is 3. The molecule has 0 radical (unpaired) electrons. The molecule has 0 bridgehead atoms. The second-order valence-electron chi connectivity index (χ2n) is 7.30. The third-order valence-corrected chi connectivity index (χ3v) is 5.37. The van der Waals surface area contributed by atoms with E-state index in [1.54, 1.807) is 0 Å². The van der Waals surface area contributed by atoms with E-state index in [0.717, 1.165) is 40.5 Å². The van der Waals surface area contributed by atoms with Crippen molar-refractivity contribution in [2.24, 2.45) is 0 Å². The lowest BCUT2D eigenvalue weighted by Gasteiger charge is -2.18. The van der Waals surface area contributed by atoms with E-state index in [-0.39, 0.29) is 18.1 Å². The number of ether oxygens (including phenoxy) is 1. The summed E-state index contributed by atoms with van der Waals surface area (Å²) in [4.78, 5) is 23.9. The van der Waals surface area contributed by atoms with Gasteiger partial charge in [-0.05, 0) is 46.0 Å². The molecule has 0 heterocycles. The number of aliphatic carboxylic acids is 1. The maximum Gasteiger partial charge on any atom is 0.407 e. The molecule has 0 saturated carbocycles. The number of carbonyl (C=O) groups is 2. The topological polar surface area (TPSA) is 75.6 Å². The lowest BCUT2D eigenvalue weighted by atomic mass is 9.98. The summed E-state index contributed by atoms with van der Waals surface area (Å²) in [6.45, 7) is 0.0144. The largest absolute Gasteiger partial charge is 0.480 e. The summed E-state index contributed by atoms with van der Waals surface area (Å²) >= 11 is 0. The number of carboxylic acid groups (broad SMARTS) is 1. The highest BCUT2D eigenvalue weighted by atomic mass is 19.1. The second kappa shape index (κ2) is 8.55. The van der Waals surface area contributed by atoms with Gasteiger partial charge >= 0.3 is 12.1 Å². The molecule has 0 aliphatic heterocycles. The molecule has 31 heavy (non-hydrogen) atoms. The van der Waals surface area contributed by atoms with Gasteiger partial charge in [-0.15, -0.1) is 0 Å². The number of alkyl carbamates (subject to hydrolysis) is 1. The van der Waals surface area contributed by atoms with E-state index in [1.807, 2.05) is 48.5 Å². The highest BCUT2D eigenvalue weighted by molar-refractivity contribution is 5.81. The van der Waals surface area contributed by atoms with Crippen LogP contribution in [0.25, 0.3) is 11.1 Å². The molecule has 4 rings (SSSR count). The van der Waals surface area contributed by atoms with Gasteiger partial charge in [0, 0.05) is 12.3 Å². The molecule has 7 heteroatoms. The number of hydrogen-bond donors (Lipinski definition) is 2. The zero-order valence-electron chi connectivity index (χ0n) is 16.3. The third kappa shape index (κ3) is 4.26. The average molecular weight is 423 g/mol. The second-order valence-corrected chi connectivity index (χ2v) is 7.30. The fraction of sp³-hybridized carbons (Fsp3) is 0.167. The highest BCUT2D eigenvalue weighted by Gasteiger charge is 2.30. The van der Waals surface area contributed by atoms with Crippen molar-refractivity contribution in [2.75, 3.05) is 6.61 Å². The zero-order valence-corrected chi connectivity index (χ0v) is 16.3. The zero-order chi connectivity index (χ0) is 22.0. The molecule has 0 aromatic heterocycles. The molecule has 2 N–H and O–H groups in total. The molecular weight excluding hydrogens is 404 g/mol. The van der Waals surface area contributed by atoms with E-state index < -0.39 is 36.2 Å². The Kier molecular flexibility index (Phi) is 5.66. The molecule has 1 amide bonds. The first-order valence-corrected chi connectivity index (χ1v) is 9.72. The van der Waals surface area contributed by atoms with Gasteiger partial charge in [-0.3, -0.25) is 0 Å². The van der Waals surface area contributed by atoms with Gasteiger partial charge < -0.3 is 15.2 Å². The van der Waals surface area contributed by atoms with Crippen molar-refractivity contribution in [3.8, 4) is 11.1 Å². The molecule has 5 nitrogen and oxygen atoms in total. The molecule has 0 saturated heterocycles. The van der Waals surface area contributed by atoms with Crippen LogP contribution in [0.3, 0.4) is 0 Å². The van der Waals surface area contributed by atoms with Crippen LogP contribution in [0.2, 0.25) is 0 Å². The number of carbonyl (C=O) groups excluding carboxylic acids is 1. The molecule has 158 valence electrons. The summed E-state index contributed by atoms with van der Waals surface area (Å²) in [5.74, 6) is -3.00. The Morgan fingerprint density at radius 3 is 2.19 bits per heavy atom. The molecule has 1 aliphatic rings. The van der Waals surface area contributed by atoms with Gasteiger partial charge in [-0.2, -0.15) is 0 Å². The van der Waals surface area contributed by atoms with Gasteiger partial charge in [0.2, 0.25) is 0 Å². The molecule has 1 atom stereocenters. The summed E-state index contributed by atoms with van der Waals surface area (Å²) in [6.07, 6.45) is -1.35. The average Bonchev–Trinajstić information content (AvgIpc) is 3.08. The Hall–Kier alpha value is -3.74. The van der Waals surface area contributed by atoms with E-state index in [2.05, 4.69) is 5.32 Å². The molecule has 0 fully saturated rings. The van der Waals surface area contributed by atoms with Gasteiger partial charge in [0.1, 0.15) is 24.3 Å². The van der Waals surface area contributed by atoms with Crippen LogP contribution >= 0.6 is 0 Å². The minimum atomic E-state index is -1.47. The number of halogens is 2. The van der Waals surface area contributed by atoms with E-state index >= 15 is 0 Å². The Labute approximate surface area is 177 Å². The first-order chi connectivity index (χ1) is 14.9. The molecule has 0 unspecified atom stereocenters. The predicted molar refractivity (Wildman–Crippen MR) is 110 cm³/mol. The van der Waals surface area contributed by atoms with E-state index in [1.165, 1.54) is 0 Å². The Bertz CT molecular complexity index is 1100. The van der Waals surface area contributed by atoms with Crippen molar-refractivity contribution in [3.05, 3.63) is 95.1 Å². The van der Waals surface area contributed by atoms with Crippen molar-refractivity contribution in [2.45, 2.75) is 18.4 Å². The summed E-state index contributed by atoms with van der Waals surface area (Å²) in [5, 5.41) is 11.6. The summed E-state index contributed by atoms with van der Waals surface area (Å²) in [6, 6.07) is 16.9. The Morgan fingerprint density at radius 1 is 0.968 bits per heavy atom. The molecular formula is C24H19F2NO4. The van der Waals surface area contributed by atoms with Crippen molar-refractivity contribution >= 4 is 12.1 Å². The number of fused-ring (bicyclic) bond motifs is 3. The SMILES string of the molecule is O=C(N[C@@H](Cc1cc(F)ccc1F)C(=O)O)OCC1c2ccccc2-c2ccccc21. The third-order valence-electron chi connectivity index (χ3n) is 5.37. The van der Waals surface area contributed by atoms with Gasteiger partial charge in [0.15, 0.2) is 0 Å². The van der Waals surface area contributed by atoms with E-state index in [4.69, 9.17) is 4.74 Å². The van der Waals surface area contributed by atoms with Crippen LogP contribution < -0.4 is 5.32 Å². The quantitative estimate of drug-likeness (QED) is 0.612. The number of amides is 1. The van der Waals surface area contributed by atoms with Crippen LogP contribution in [0.1, 0.15) is 22.6 Å². The van der Waals surface area contributed by atoms with Crippen molar-refractivity contribution in [1.82, 2.24) is 5.32 Å². The standard InChI is InChI=1S/C24H19F2NO4/c25-15-9-10-21(26)14(11-15)12-22(23(28)29)27-24(30)31-13-20-18-7-3-1-5-16(18)17-6-2-4-8-19(17)20/h1-11,20,22H,12-13H2,(H,27,30)(H,28,29)/t22-/m0/s1. The molecule has 3 aromatic carbocycles. The number of carboxylic acids is 1. The molecule has 1 aliphatic carbocycles. The van der Waals surface area contributed by atoms with Crippen LogP contribution in [0.5, 0.6) is 0 Å². The van der Waals surface area contributed by atoms with Gasteiger partial charge in [-0.25, -0.2) is 18.4 Å². The predicted octanol–water partition coefficient (Wildman–Crippen LogP) is 4.50. The Balaban J connectivity index is 1.45. The number of nitrogens with one attached hydrogen (secondary N) is 1. The van der Waals surface area contributed by atoms with Crippen LogP contribution in [0.15, 0.2) is 66.7 Å². The minimum Gasteiger partial charge on any atom is -0.480 e. The smallest absolute Gasteiger partial charge is 0.407 e. The van der Waals surface area contributed by atoms with Gasteiger partial charge in [0.05, 0.1) is 0 Å². The van der Waals surface area contributed by atoms with Crippen LogP contribution in [0, 0.1) is 11.6 Å². The fourth-order valence-electron chi connectivity index (χ4n) is 3.90. The van der Waals surface area contributed by atoms with Crippen LogP contribution in [0.4, 0.5) is 13.6 Å². The van der Waals surface area contributed by atoms with Crippen molar-refractivity contribution in [1.29, 1.82) is 0 Å². The van der Waals surface area contributed by atoms with Gasteiger partial charge in [-0.1, -0.05) is 48.5 Å². The first-order valence-electron chi connectivity index (χ1n) is 9.72. The van der Waals surface area contributed by atoms with Crippen LogP contribution in [-0.2, 0) is 16.0 Å². The first kappa shape index (κ1) is 20.5. The summed E-state index contributed by atoms with van der Waals surface area (Å²) in [7, 11) is 0. The lowest BCUT2D eigenvalue weighted by Crippen LogP contribution is -2.43. The highest BCUT2D eigenvalue weighted by Crippen LogP contribution is 2.44. The van der Waals surface area contributed by atoms with Crippen molar-refractivity contribution in [3.63, 3.8) is 0 Å². The number of rotatable bonds is 6. The van der Waals surface area contributed by atoms with Crippen LogP contribution in [-0.4, -0.2) is 29.8 Å². The van der Waals surface area contributed by atoms with Crippen molar-refractivity contribution < 1.29 is 28.2 Å². The van der Waals surface area contributed by atoms with E-state index in [9.17, 15) is 23.5 Å².